The summed E-state index contributed by atoms with van der Waals surface area (Å²) in [7, 11) is 0. The molecule has 3 nitrogen and oxygen atoms in total. The maximum absolute atomic E-state index is 11.4. The number of imide groups is 1. The van der Waals surface area contributed by atoms with Crippen LogP contribution in [0.1, 0.15) is 24.3 Å². The Morgan fingerprint density at radius 2 is 1.82 bits per heavy atom. The molecule has 0 saturated carbocycles. The van der Waals surface area contributed by atoms with Crippen molar-refractivity contribution in [3.63, 3.8) is 0 Å². The summed E-state index contributed by atoms with van der Waals surface area (Å²) in [5.41, 5.74) is 1.13. The van der Waals surface area contributed by atoms with Gasteiger partial charge in [0.25, 0.3) is 0 Å². The molecule has 1 fully saturated rings. The van der Waals surface area contributed by atoms with Crippen molar-refractivity contribution in [2.24, 2.45) is 0 Å². The van der Waals surface area contributed by atoms with Crippen LogP contribution >= 0.6 is 11.3 Å². The van der Waals surface area contributed by atoms with Crippen LogP contribution in [0.4, 0.5) is 0 Å². The highest BCUT2D eigenvalue weighted by molar-refractivity contribution is 7.17. The molecule has 2 aromatic rings. The van der Waals surface area contributed by atoms with Crippen LogP contribution in [0.15, 0.2) is 29.6 Å². The number of carbonyl (C=O) groups excluding carboxylic acids is 2. The molecule has 1 aromatic heterocycles. The summed E-state index contributed by atoms with van der Waals surface area (Å²) >= 11 is 1.67. The Morgan fingerprint density at radius 3 is 2.59 bits per heavy atom. The molecule has 0 spiro atoms. The summed E-state index contributed by atoms with van der Waals surface area (Å²) in [4.78, 5) is 22.8. The van der Waals surface area contributed by atoms with Crippen molar-refractivity contribution in [2.75, 3.05) is 0 Å². The molecule has 1 N–H and O–H groups in total. The molecule has 17 heavy (non-hydrogen) atoms. The van der Waals surface area contributed by atoms with Gasteiger partial charge in [0.2, 0.25) is 11.8 Å². The fraction of sp³-hybridized carbons (Fsp3) is 0.231. The zero-order valence-electron chi connectivity index (χ0n) is 9.10. The lowest BCUT2D eigenvalue weighted by molar-refractivity contribution is -0.133. The molecular weight excluding hydrogens is 234 g/mol. The second-order valence-corrected chi connectivity index (χ2v) is 5.17. The quantitative estimate of drug-likeness (QED) is 0.784. The average molecular weight is 245 g/mol. The SMILES string of the molecule is O=C1CC(c2csc3ccccc23)CC(=O)N1. The number of amides is 2. The molecule has 1 aliphatic rings. The van der Waals surface area contributed by atoms with E-state index < -0.39 is 0 Å². The molecule has 86 valence electrons. The van der Waals surface area contributed by atoms with Crippen molar-refractivity contribution in [1.29, 1.82) is 0 Å². The van der Waals surface area contributed by atoms with Crippen LogP contribution in [0.5, 0.6) is 0 Å². The zero-order chi connectivity index (χ0) is 11.8. The van der Waals surface area contributed by atoms with E-state index in [2.05, 4.69) is 22.8 Å². The Hall–Kier alpha value is -1.68. The van der Waals surface area contributed by atoms with Gasteiger partial charge in [0.05, 0.1) is 0 Å². The van der Waals surface area contributed by atoms with Crippen LogP contribution < -0.4 is 5.32 Å². The third-order valence-electron chi connectivity index (χ3n) is 3.09. The first kappa shape index (κ1) is 10.5. The monoisotopic (exact) mass is 245 g/mol. The van der Waals surface area contributed by atoms with Gasteiger partial charge in [-0.05, 0) is 22.4 Å². The predicted molar refractivity (Wildman–Crippen MR) is 66.9 cm³/mol. The van der Waals surface area contributed by atoms with Crippen molar-refractivity contribution < 1.29 is 9.59 Å². The van der Waals surface area contributed by atoms with Gasteiger partial charge >= 0.3 is 0 Å². The first-order chi connectivity index (χ1) is 8.24. The van der Waals surface area contributed by atoms with E-state index in [1.807, 2.05) is 12.1 Å². The normalized spacial score (nSPS) is 17.4. The lowest BCUT2D eigenvalue weighted by atomic mass is 9.89. The summed E-state index contributed by atoms with van der Waals surface area (Å²) in [5.74, 6) is -0.296. The molecular formula is C13H11NO2S. The number of benzene rings is 1. The van der Waals surface area contributed by atoms with E-state index >= 15 is 0 Å². The Balaban J connectivity index is 2.03. The molecule has 0 unspecified atom stereocenters. The molecule has 0 radical (unpaired) electrons. The second kappa shape index (κ2) is 3.96. The smallest absolute Gasteiger partial charge is 0.227 e. The van der Waals surface area contributed by atoms with Gasteiger partial charge < -0.3 is 0 Å². The number of fused-ring (bicyclic) bond motifs is 1. The number of hydrogen-bond acceptors (Lipinski definition) is 3. The molecule has 1 aliphatic heterocycles. The maximum atomic E-state index is 11.4. The number of hydrogen-bond donors (Lipinski definition) is 1. The second-order valence-electron chi connectivity index (χ2n) is 4.26. The highest BCUT2D eigenvalue weighted by Gasteiger charge is 2.27. The summed E-state index contributed by atoms with van der Waals surface area (Å²) in [6, 6.07) is 8.11. The number of piperidine rings is 1. The van der Waals surface area contributed by atoms with Gasteiger partial charge in [0, 0.05) is 23.5 Å². The first-order valence-corrected chi connectivity index (χ1v) is 6.41. The molecule has 3 rings (SSSR count). The highest BCUT2D eigenvalue weighted by atomic mass is 32.1. The van der Waals surface area contributed by atoms with Gasteiger partial charge in [0.15, 0.2) is 0 Å². The fourth-order valence-corrected chi connectivity index (χ4v) is 3.36. The van der Waals surface area contributed by atoms with E-state index in [9.17, 15) is 9.59 Å². The summed E-state index contributed by atoms with van der Waals surface area (Å²) < 4.78 is 1.21. The van der Waals surface area contributed by atoms with Gasteiger partial charge in [-0.25, -0.2) is 0 Å². The summed E-state index contributed by atoms with van der Waals surface area (Å²) in [6.45, 7) is 0. The molecule has 2 heterocycles. The van der Waals surface area contributed by atoms with Crippen molar-refractivity contribution >= 4 is 33.2 Å². The van der Waals surface area contributed by atoms with Crippen molar-refractivity contribution in [3.05, 3.63) is 35.2 Å². The van der Waals surface area contributed by atoms with Crippen LogP contribution in [0.2, 0.25) is 0 Å². The predicted octanol–water partition coefficient (Wildman–Crippen LogP) is 2.42. The third kappa shape index (κ3) is 1.85. The van der Waals surface area contributed by atoms with Gasteiger partial charge in [-0.2, -0.15) is 0 Å². The van der Waals surface area contributed by atoms with E-state index in [1.165, 1.54) is 10.1 Å². The van der Waals surface area contributed by atoms with Gasteiger partial charge in [-0.3, -0.25) is 14.9 Å². The first-order valence-electron chi connectivity index (χ1n) is 5.53. The van der Waals surface area contributed by atoms with E-state index in [1.54, 1.807) is 11.3 Å². The number of carbonyl (C=O) groups is 2. The number of rotatable bonds is 1. The molecule has 1 saturated heterocycles. The van der Waals surface area contributed by atoms with Crippen LogP contribution in [-0.2, 0) is 9.59 Å². The standard InChI is InChI=1S/C13H11NO2S/c15-12-5-8(6-13(16)14-12)10-7-17-11-4-2-1-3-9(10)11/h1-4,7-8H,5-6H2,(H,14,15,16). The lowest BCUT2D eigenvalue weighted by Crippen LogP contribution is -2.37. The van der Waals surface area contributed by atoms with Crippen LogP contribution in [-0.4, -0.2) is 11.8 Å². The van der Waals surface area contributed by atoms with Crippen molar-refractivity contribution in [1.82, 2.24) is 5.32 Å². The summed E-state index contributed by atoms with van der Waals surface area (Å²) in [5, 5.41) is 5.59. The van der Waals surface area contributed by atoms with Crippen LogP contribution in [0, 0.1) is 0 Å². The van der Waals surface area contributed by atoms with Crippen LogP contribution in [0.3, 0.4) is 0 Å². The van der Waals surface area contributed by atoms with Crippen molar-refractivity contribution in [3.8, 4) is 0 Å². The Labute approximate surface area is 102 Å². The summed E-state index contributed by atoms with van der Waals surface area (Å²) in [6.07, 6.45) is 0.818. The number of thiophene rings is 1. The lowest BCUT2D eigenvalue weighted by Gasteiger charge is -2.20. The van der Waals surface area contributed by atoms with Gasteiger partial charge in [0.1, 0.15) is 0 Å². The minimum Gasteiger partial charge on any atom is -0.296 e. The molecule has 4 heteroatoms. The van der Waals surface area contributed by atoms with Gasteiger partial charge in [-0.1, -0.05) is 18.2 Å². The largest absolute Gasteiger partial charge is 0.296 e. The molecule has 2 amide bonds. The Bertz CT molecular complexity index is 586. The maximum Gasteiger partial charge on any atom is 0.227 e. The van der Waals surface area contributed by atoms with Gasteiger partial charge in [-0.15, -0.1) is 11.3 Å². The molecule has 0 bridgehead atoms. The van der Waals surface area contributed by atoms with E-state index in [-0.39, 0.29) is 17.7 Å². The van der Waals surface area contributed by atoms with E-state index in [0.717, 1.165) is 5.56 Å². The minimum atomic E-state index is -0.165. The van der Waals surface area contributed by atoms with E-state index in [4.69, 9.17) is 0 Å². The van der Waals surface area contributed by atoms with Crippen LogP contribution in [0.25, 0.3) is 10.1 Å². The minimum absolute atomic E-state index is 0.0346. The zero-order valence-corrected chi connectivity index (χ0v) is 9.92. The fourth-order valence-electron chi connectivity index (χ4n) is 2.31. The average Bonchev–Trinajstić information content (AvgIpc) is 2.71. The number of nitrogens with one attached hydrogen (secondary N) is 1. The van der Waals surface area contributed by atoms with Crippen molar-refractivity contribution in [2.45, 2.75) is 18.8 Å². The molecule has 0 aliphatic carbocycles. The Morgan fingerprint density at radius 1 is 1.12 bits per heavy atom. The molecule has 0 atom stereocenters. The Kier molecular flexibility index (Phi) is 2.44. The highest BCUT2D eigenvalue weighted by Crippen LogP contribution is 2.35. The molecule has 1 aromatic carbocycles. The third-order valence-corrected chi connectivity index (χ3v) is 4.07. The van der Waals surface area contributed by atoms with E-state index in [0.29, 0.717) is 12.8 Å². The topological polar surface area (TPSA) is 46.2 Å².